The summed E-state index contributed by atoms with van der Waals surface area (Å²) in [6.07, 6.45) is 6.08. The molecule has 1 unspecified atom stereocenters. The van der Waals surface area contributed by atoms with Gasteiger partial charge in [-0.25, -0.2) is 0 Å². The van der Waals surface area contributed by atoms with E-state index in [2.05, 4.69) is 20.8 Å². The molecule has 1 aliphatic heterocycles. The largest absolute Gasteiger partial charge is 0.342 e. The molecule has 0 bridgehead atoms. The minimum Gasteiger partial charge on any atom is -0.342 e. The summed E-state index contributed by atoms with van der Waals surface area (Å²) >= 11 is 0. The number of aryl methyl sites for hydroxylation is 1. The standard InChI is InChI=1S/C22H34N2O2/c1-4-5-6-7-17-8-10-18(11-9-17)19(25)12-13-21(26)24-15-14-20(23)22(2,3)16-24/h8-11,20H,4-7,12-16,23H2,1-3H3. The fourth-order valence-corrected chi connectivity index (χ4v) is 3.55. The van der Waals surface area contributed by atoms with E-state index in [4.69, 9.17) is 5.73 Å². The molecule has 144 valence electrons. The monoisotopic (exact) mass is 358 g/mol. The molecule has 2 N–H and O–H groups in total. The predicted octanol–water partition coefficient (Wildman–Crippen LogP) is 3.97. The van der Waals surface area contributed by atoms with Gasteiger partial charge in [0, 0.05) is 37.5 Å². The molecule has 1 aliphatic rings. The smallest absolute Gasteiger partial charge is 0.223 e. The predicted molar refractivity (Wildman–Crippen MR) is 106 cm³/mol. The maximum atomic E-state index is 12.5. The quantitative estimate of drug-likeness (QED) is 0.565. The van der Waals surface area contributed by atoms with Crippen LogP contribution < -0.4 is 5.73 Å². The van der Waals surface area contributed by atoms with Crippen molar-refractivity contribution in [2.45, 2.75) is 71.8 Å². The van der Waals surface area contributed by atoms with E-state index in [0.717, 1.165) is 12.8 Å². The summed E-state index contributed by atoms with van der Waals surface area (Å²) in [5.41, 5.74) is 8.05. The first-order valence-electron chi connectivity index (χ1n) is 9.99. The number of amides is 1. The summed E-state index contributed by atoms with van der Waals surface area (Å²) in [6, 6.07) is 8.01. The highest BCUT2D eigenvalue weighted by atomic mass is 16.2. The normalized spacial score (nSPS) is 19.4. The molecular formula is C22H34N2O2. The van der Waals surface area contributed by atoms with E-state index in [1.165, 1.54) is 24.8 Å². The third kappa shape index (κ3) is 5.66. The van der Waals surface area contributed by atoms with Crippen LogP contribution in [0, 0.1) is 5.41 Å². The van der Waals surface area contributed by atoms with Crippen molar-refractivity contribution in [1.29, 1.82) is 0 Å². The number of hydrogen-bond acceptors (Lipinski definition) is 3. The van der Waals surface area contributed by atoms with E-state index in [1.54, 1.807) is 0 Å². The maximum Gasteiger partial charge on any atom is 0.223 e. The highest BCUT2D eigenvalue weighted by molar-refractivity contribution is 5.98. The van der Waals surface area contributed by atoms with E-state index in [1.807, 2.05) is 29.2 Å². The average molecular weight is 359 g/mol. The molecule has 1 aromatic carbocycles. The summed E-state index contributed by atoms with van der Waals surface area (Å²) in [5.74, 6) is 0.112. The topological polar surface area (TPSA) is 63.4 Å². The van der Waals surface area contributed by atoms with E-state index in [0.29, 0.717) is 18.7 Å². The lowest BCUT2D eigenvalue weighted by Crippen LogP contribution is -2.54. The summed E-state index contributed by atoms with van der Waals surface area (Å²) in [6.45, 7) is 7.77. The van der Waals surface area contributed by atoms with Crippen LogP contribution in [0.15, 0.2) is 24.3 Å². The van der Waals surface area contributed by atoms with Gasteiger partial charge in [-0.15, -0.1) is 0 Å². The summed E-state index contributed by atoms with van der Waals surface area (Å²) < 4.78 is 0. The summed E-state index contributed by atoms with van der Waals surface area (Å²) in [7, 11) is 0. The third-order valence-electron chi connectivity index (χ3n) is 5.58. The molecule has 26 heavy (non-hydrogen) atoms. The lowest BCUT2D eigenvalue weighted by Gasteiger charge is -2.42. The van der Waals surface area contributed by atoms with Gasteiger partial charge in [-0.2, -0.15) is 0 Å². The van der Waals surface area contributed by atoms with Crippen LogP contribution in [-0.4, -0.2) is 35.7 Å². The Hall–Kier alpha value is -1.68. The van der Waals surface area contributed by atoms with Crippen molar-refractivity contribution in [3.8, 4) is 0 Å². The summed E-state index contributed by atoms with van der Waals surface area (Å²) in [5, 5.41) is 0. The molecule has 0 radical (unpaired) electrons. The van der Waals surface area contributed by atoms with Gasteiger partial charge < -0.3 is 10.6 Å². The minimum atomic E-state index is -0.0640. The molecule has 4 heteroatoms. The minimum absolute atomic E-state index is 0.0476. The van der Waals surface area contributed by atoms with Gasteiger partial charge in [0.25, 0.3) is 0 Å². The first kappa shape index (κ1) is 20.6. The fraction of sp³-hybridized carbons (Fsp3) is 0.636. The number of ketones is 1. The Kier molecular flexibility index (Phi) is 7.39. The molecule has 0 spiro atoms. The van der Waals surface area contributed by atoms with Crippen molar-refractivity contribution in [3.63, 3.8) is 0 Å². The average Bonchev–Trinajstić information content (AvgIpc) is 2.62. The van der Waals surface area contributed by atoms with Gasteiger partial charge in [0.1, 0.15) is 0 Å². The van der Waals surface area contributed by atoms with Crippen molar-refractivity contribution in [2.75, 3.05) is 13.1 Å². The number of nitrogens with zero attached hydrogens (tertiary/aromatic N) is 1. The van der Waals surface area contributed by atoms with Crippen LogP contribution in [0.1, 0.15) is 75.2 Å². The van der Waals surface area contributed by atoms with Crippen LogP contribution >= 0.6 is 0 Å². The number of rotatable bonds is 8. The van der Waals surface area contributed by atoms with Gasteiger partial charge in [0.15, 0.2) is 5.78 Å². The van der Waals surface area contributed by atoms with Crippen molar-refractivity contribution in [2.24, 2.45) is 11.1 Å². The molecule has 1 saturated heterocycles. The van der Waals surface area contributed by atoms with Crippen LogP contribution in [0.4, 0.5) is 0 Å². The number of benzene rings is 1. The number of nitrogens with two attached hydrogens (primary N) is 1. The molecule has 0 saturated carbocycles. The molecule has 1 aromatic rings. The molecule has 1 atom stereocenters. The number of unbranched alkanes of at least 4 members (excludes halogenated alkanes) is 2. The van der Waals surface area contributed by atoms with Gasteiger partial charge in [0.05, 0.1) is 0 Å². The zero-order valence-electron chi connectivity index (χ0n) is 16.6. The van der Waals surface area contributed by atoms with Gasteiger partial charge in [0.2, 0.25) is 5.91 Å². The van der Waals surface area contributed by atoms with Gasteiger partial charge >= 0.3 is 0 Å². The van der Waals surface area contributed by atoms with Gasteiger partial charge in [-0.05, 0) is 30.2 Å². The van der Waals surface area contributed by atoms with Crippen molar-refractivity contribution in [1.82, 2.24) is 4.90 Å². The first-order chi connectivity index (χ1) is 12.3. The molecule has 4 nitrogen and oxygen atoms in total. The SMILES string of the molecule is CCCCCc1ccc(C(=O)CCC(=O)N2CCC(N)C(C)(C)C2)cc1. The van der Waals surface area contributed by atoms with E-state index >= 15 is 0 Å². The van der Waals surface area contributed by atoms with Crippen LogP contribution in [0.5, 0.6) is 0 Å². The number of carbonyl (C=O) groups excluding carboxylic acids is 2. The zero-order valence-corrected chi connectivity index (χ0v) is 16.6. The number of likely N-dealkylation sites (tertiary alicyclic amines) is 1. The second-order valence-electron chi connectivity index (χ2n) is 8.28. The van der Waals surface area contributed by atoms with Crippen LogP contribution in [-0.2, 0) is 11.2 Å². The lowest BCUT2D eigenvalue weighted by atomic mass is 9.79. The molecular weight excluding hydrogens is 324 g/mol. The first-order valence-corrected chi connectivity index (χ1v) is 9.99. The Morgan fingerprint density at radius 3 is 2.46 bits per heavy atom. The van der Waals surface area contributed by atoms with E-state index in [9.17, 15) is 9.59 Å². The third-order valence-corrected chi connectivity index (χ3v) is 5.58. The van der Waals surface area contributed by atoms with E-state index < -0.39 is 0 Å². The van der Waals surface area contributed by atoms with Crippen LogP contribution in [0.2, 0.25) is 0 Å². The van der Waals surface area contributed by atoms with Crippen molar-refractivity contribution in [3.05, 3.63) is 35.4 Å². The maximum absolute atomic E-state index is 12.5. The molecule has 2 rings (SSSR count). The second-order valence-corrected chi connectivity index (χ2v) is 8.28. The second kappa shape index (κ2) is 9.31. The lowest BCUT2D eigenvalue weighted by molar-refractivity contribution is -0.134. The highest BCUT2D eigenvalue weighted by Crippen LogP contribution is 2.28. The van der Waals surface area contributed by atoms with Gasteiger partial charge in [-0.1, -0.05) is 57.9 Å². The molecule has 1 fully saturated rings. The van der Waals surface area contributed by atoms with Gasteiger partial charge in [-0.3, -0.25) is 9.59 Å². The Morgan fingerprint density at radius 1 is 1.15 bits per heavy atom. The number of Topliss-reactive ketones (excluding diaryl/α,β-unsaturated/α-hetero) is 1. The van der Waals surface area contributed by atoms with Crippen molar-refractivity contribution >= 4 is 11.7 Å². The van der Waals surface area contributed by atoms with Crippen molar-refractivity contribution < 1.29 is 9.59 Å². The van der Waals surface area contributed by atoms with Crippen LogP contribution in [0.25, 0.3) is 0 Å². The number of carbonyl (C=O) groups is 2. The fourth-order valence-electron chi connectivity index (χ4n) is 3.55. The molecule has 0 aromatic heterocycles. The van der Waals surface area contributed by atoms with E-state index in [-0.39, 0.29) is 36.0 Å². The molecule has 1 amide bonds. The Labute approximate surface area is 158 Å². The Morgan fingerprint density at radius 2 is 1.85 bits per heavy atom. The summed E-state index contributed by atoms with van der Waals surface area (Å²) in [4.78, 5) is 26.7. The zero-order chi connectivity index (χ0) is 19.2. The Bertz CT molecular complexity index is 607. The highest BCUT2D eigenvalue weighted by Gasteiger charge is 2.35. The molecule has 1 heterocycles. The number of hydrogen-bond donors (Lipinski definition) is 1. The Balaban J connectivity index is 1.81. The van der Waals surface area contributed by atoms with Crippen LogP contribution in [0.3, 0.4) is 0 Å². The molecule has 0 aliphatic carbocycles. The number of piperidine rings is 1.